The van der Waals surface area contributed by atoms with Crippen LogP contribution in [0, 0.1) is 0 Å². The van der Waals surface area contributed by atoms with Crippen molar-refractivity contribution >= 4 is 16.9 Å². The molecule has 0 unspecified atom stereocenters. The highest BCUT2D eigenvalue weighted by Gasteiger charge is 2.02. The van der Waals surface area contributed by atoms with E-state index in [2.05, 4.69) is 17.1 Å². The van der Waals surface area contributed by atoms with Crippen LogP contribution in [0.4, 0.5) is 0 Å². The molecule has 128 valence electrons. The van der Waals surface area contributed by atoms with Gasteiger partial charge in [0, 0.05) is 18.0 Å². The van der Waals surface area contributed by atoms with Crippen LogP contribution in [-0.2, 0) is 17.8 Å². The molecule has 4 nitrogen and oxygen atoms in total. The Balaban J connectivity index is 1.56. The van der Waals surface area contributed by atoms with E-state index in [-0.39, 0.29) is 6.42 Å². The van der Waals surface area contributed by atoms with Gasteiger partial charge in [0.05, 0.1) is 5.52 Å². The van der Waals surface area contributed by atoms with Crippen molar-refractivity contribution in [1.29, 1.82) is 0 Å². The topological polar surface area (TPSA) is 59.4 Å². The summed E-state index contributed by atoms with van der Waals surface area (Å²) in [6.07, 6.45) is 4.45. The first-order chi connectivity index (χ1) is 12.2. The van der Waals surface area contributed by atoms with E-state index < -0.39 is 5.97 Å². The van der Waals surface area contributed by atoms with E-state index in [0.29, 0.717) is 13.0 Å². The molecule has 1 aromatic heterocycles. The molecule has 3 aromatic rings. The van der Waals surface area contributed by atoms with Crippen molar-refractivity contribution in [2.24, 2.45) is 0 Å². The Morgan fingerprint density at radius 2 is 1.92 bits per heavy atom. The van der Waals surface area contributed by atoms with Crippen LogP contribution in [0.1, 0.15) is 30.4 Å². The lowest BCUT2D eigenvalue weighted by atomic mass is 10.1. The molecule has 0 saturated heterocycles. The molecular weight excluding hydrogens is 314 g/mol. The summed E-state index contributed by atoms with van der Waals surface area (Å²) < 4.78 is 5.90. The number of hydrogen-bond acceptors (Lipinski definition) is 3. The van der Waals surface area contributed by atoms with Crippen molar-refractivity contribution < 1.29 is 14.6 Å². The van der Waals surface area contributed by atoms with Gasteiger partial charge in [-0.3, -0.25) is 9.78 Å². The number of fused-ring (bicyclic) bond motifs is 1. The number of carbonyl (C=O) groups is 1. The highest BCUT2D eigenvalue weighted by atomic mass is 16.5. The molecule has 1 N–H and O–H groups in total. The summed E-state index contributed by atoms with van der Waals surface area (Å²) in [5.74, 6) is 0.0961. The minimum atomic E-state index is -0.734. The SMILES string of the molecule is O=C(O)CCCCc1cccc(OCc2ccc3cccnc3c2)c1. The molecule has 0 spiro atoms. The summed E-state index contributed by atoms with van der Waals surface area (Å²) in [5, 5.41) is 9.79. The van der Waals surface area contributed by atoms with Gasteiger partial charge in [-0.25, -0.2) is 0 Å². The summed E-state index contributed by atoms with van der Waals surface area (Å²) in [7, 11) is 0. The standard InChI is InChI=1S/C21H21NO3/c23-21(24)9-2-1-5-16-6-3-8-19(13-16)25-15-17-10-11-18-7-4-12-22-20(18)14-17/h3-4,6-8,10-14H,1-2,5,9,15H2,(H,23,24). The highest BCUT2D eigenvalue weighted by molar-refractivity contribution is 5.78. The Morgan fingerprint density at radius 1 is 1.00 bits per heavy atom. The summed E-state index contributed by atoms with van der Waals surface area (Å²) in [6, 6.07) is 18.1. The van der Waals surface area contributed by atoms with Crippen LogP contribution in [-0.4, -0.2) is 16.1 Å². The Hall–Kier alpha value is -2.88. The first-order valence-corrected chi connectivity index (χ1v) is 8.48. The molecule has 0 fully saturated rings. The third-order valence-electron chi connectivity index (χ3n) is 4.08. The number of aliphatic carboxylic acids is 1. The third kappa shape index (κ3) is 5.05. The number of aryl methyl sites for hydroxylation is 1. The number of rotatable bonds is 8. The molecule has 25 heavy (non-hydrogen) atoms. The van der Waals surface area contributed by atoms with Gasteiger partial charge in [0.25, 0.3) is 0 Å². The molecule has 2 aromatic carbocycles. The molecule has 0 saturated carbocycles. The number of aromatic nitrogens is 1. The van der Waals surface area contributed by atoms with Crippen LogP contribution in [0.25, 0.3) is 10.9 Å². The van der Waals surface area contributed by atoms with E-state index in [1.807, 2.05) is 42.5 Å². The van der Waals surface area contributed by atoms with Gasteiger partial charge in [0.1, 0.15) is 12.4 Å². The molecule has 0 aliphatic heterocycles. The first kappa shape index (κ1) is 17.0. The van der Waals surface area contributed by atoms with Gasteiger partial charge in [-0.1, -0.05) is 30.3 Å². The lowest BCUT2D eigenvalue weighted by molar-refractivity contribution is -0.137. The Bertz CT molecular complexity index is 860. The van der Waals surface area contributed by atoms with Crippen molar-refractivity contribution in [3.63, 3.8) is 0 Å². The molecular formula is C21H21NO3. The number of unbranched alkanes of at least 4 members (excludes halogenated alkanes) is 1. The van der Waals surface area contributed by atoms with E-state index in [1.165, 1.54) is 5.56 Å². The van der Waals surface area contributed by atoms with E-state index >= 15 is 0 Å². The van der Waals surface area contributed by atoms with Gasteiger partial charge in [-0.2, -0.15) is 0 Å². The number of nitrogens with zero attached hydrogens (tertiary/aromatic N) is 1. The zero-order valence-corrected chi connectivity index (χ0v) is 14.0. The predicted octanol–water partition coefficient (Wildman–Crippen LogP) is 4.61. The number of ether oxygens (including phenoxy) is 1. The fraction of sp³-hybridized carbons (Fsp3) is 0.238. The largest absolute Gasteiger partial charge is 0.489 e. The quantitative estimate of drug-likeness (QED) is 0.611. The van der Waals surface area contributed by atoms with Crippen LogP contribution in [0.3, 0.4) is 0 Å². The fourth-order valence-electron chi connectivity index (χ4n) is 2.76. The van der Waals surface area contributed by atoms with Crippen molar-refractivity contribution in [3.8, 4) is 5.75 Å². The second-order valence-electron chi connectivity index (χ2n) is 6.07. The summed E-state index contributed by atoms with van der Waals surface area (Å²) >= 11 is 0. The average Bonchev–Trinajstić information content (AvgIpc) is 2.64. The van der Waals surface area contributed by atoms with Crippen LogP contribution in [0.5, 0.6) is 5.75 Å². The fourth-order valence-corrected chi connectivity index (χ4v) is 2.76. The molecule has 0 aliphatic rings. The second kappa shape index (κ2) is 8.29. The lowest BCUT2D eigenvalue weighted by Gasteiger charge is -2.09. The molecule has 0 atom stereocenters. The maximum absolute atomic E-state index is 10.5. The first-order valence-electron chi connectivity index (χ1n) is 8.48. The van der Waals surface area contributed by atoms with Crippen LogP contribution in [0.2, 0.25) is 0 Å². The maximum Gasteiger partial charge on any atom is 0.303 e. The Kier molecular flexibility index (Phi) is 5.62. The molecule has 0 amide bonds. The number of hydrogen-bond donors (Lipinski definition) is 1. The van der Waals surface area contributed by atoms with Crippen molar-refractivity contribution in [2.45, 2.75) is 32.3 Å². The number of pyridine rings is 1. The zero-order valence-electron chi connectivity index (χ0n) is 14.0. The highest BCUT2D eigenvalue weighted by Crippen LogP contribution is 2.19. The third-order valence-corrected chi connectivity index (χ3v) is 4.08. The minimum absolute atomic E-state index is 0.228. The van der Waals surface area contributed by atoms with Gasteiger partial charge in [-0.05, 0) is 54.7 Å². The Morgan fingerprint density at radius 3 is 2.80 bits per heavy atom. The van der Waals surface area contributed by atoms with Crippen molar-refractivity contribution in [3.05, 3.63) is 71.9 Å². The number of benzene rings is 2. The molecule has 0 radical (unpaired) electrons. The molecule has 1 heterocycles. The molecule has 0 bridgehead atoms. The monoisotopic (exact) mass is 335 g/mol. The van der Waals surface area contributed by atoms with E-state index in [1.54, 1.807) is 6.20 Å². The van der Waals surface area contributed by atoms with Crippen LogP contribution >= 0.6 is 0 Å². The average molecular weight is 335 g/mol. The summed E-state index contributed by atoms with van der Waals surface area (Å²) in [5.41, 5.74) is 3.22. The van der Waals surface area contributed by atoms with Gasteiger partial charge in [0.2, 0.25) is 0 Å². The predicted molar refractivity (Wildman–Crippen MR) is 97.7 cm³/mol. The van der Waals surface area contributed by atoms with Crippen molar-refractivity contribution in [1.82, 2.24) is 4.98 Å². The summed E-state index contributed by atoms with van der Waals surface area (Å²) in [4.78, 5) is 14.9. The smallest absolute Gasteiger partial charge is 0.303 e. The molecule has 4 heteroatoms. The summed E-state index contributed by atoms with van der Waals surface area (Å²) in [6.45, 7) is 0.495. The van der Waals surface area contributed by atoms with Gasteiger partial charge in [-0.15, -0.1) is 0 Å². The maximum atomic E-state index is 10.5. The van der Waals surface area contributed by atoms with E-state index in [9.17, 15) is 4.79 Å². The zero-order chi connectivity index (χ0) is 17.5. The van der Waals surface area contributed by atoms with E-state index in [4.69, 9.17) is 9.84 Å². The van der Waals surface area contributed by atoms with Crippen molar-refractivity contribution in [2.75, 3.05) is 0 Å². The Labute approximate surface area is 147 Å². The molecule has 3 rings (SSSR count). The van der Waals surface area contributed by atoms with E-state index in [0.717, 1.165) is 35.1 Å². The van der Waals surface area contributed by atoms with Crippen LogP contribution < -0.4 is 4.74 Å². The van der Waals surface area contributed by atoms with Gasteiger partial charge < -0.3 is 9.84 Å². The van der Waals surface area contributed by atoms with Gasteiger partial charge >= 0.3 is 5.97 Å². The minimum Gasteiger partial charge on any atom is -0.489 e. The lowest BCUT2D eigenvalue weighted by Crippen LogP contribution is -1.97. The second-order valence-corrected chi connectivity index (χ2v) is 6.07. The van der Waals surface area contributed by atoms with Gasteiger partial charge in [0.15, 0.2) is 0 Å². The van der Waals surface area contributed by atoms with Crippen LogP contribution in [0.15, 0.2) is 60.8 Å². The number of carboxylic acids is 1. The number of carboxylic acid groups (broad SMARTS) is 1. The normalized spacial score (nSPS) is 10.7. The molecule has 0 aliphatic carbocycles.